The molecule has 0 fully saturated rings. The second-order valence-corrected chi connectivity index (χ2v) is 5.14. The summed E-state index contributed by atoms with van der Waals surface area (Å²) in [6.45, 7) is 1.68. The lowest BCUT2D eigenvalue weighted by atomic mass is 10.1. The molecule has 108 valence electrons. The molecular weight excluding hydrogens is 266 g/mol. The number of nitrogens with zero attached hydrogens (tertiary/aromatic N) is 2. The van der Waals surface area contributed by atoms with Crippen LogP contribution in [0.15, 0.2) is 42.5 Å². The van der Waals surface area contributed by atoms with Gasteiger partial charge in [-0.15, -0.1) is 0 Å². The Bertz CT molecular complexity index is 700. The lowest BCUT2D eigenvalue weighted by Gasteiger charge is -2.37. The Kier molecular flexibility index (Phi) is 3.17. The van der Waals surface area contributed by atoms with Gasteiger partial charge in [-0.05, 0) is 30.3 Å². The van der Waals surface area contributed by atoms with E-state index in [1.807, 2.05) is 24.3 Å². The smallest absolute Gasteiger partial charge is 0.337 e. The van der Waals surface area contributed by atoms with Crippen LogP contribution >= 0.6 is 0 Å². The second-order valence-electron chi connectivity index (χ2n) is 5.14. The van der Waals surface area contributed by atoms with Gasteiger partial charge in [0.05, 0.1) is 16.9 Å². The van der Waals surface area contributed by atoms with Crippen molar-refractivity contribution in [3.8, 4) is 0 Å². The number of nitrogen functional groups attached to an aromatic ring is 1. The number of rotatable bonds is 2. The Balaban J connectivity index is 2.08. The summed E-state index contributed by atoms with van der Waals surface area (Å²) in [4.78, 5) is 15.6. The number of carboxylic acid groups (broad SMARTS) is 1. The summed E-state index contributed by atoms with van der Waals surface area (Å²) in [5, 5.41) is 9.22. The molecular formula is C16H17N3O2. The molecule has 1 heterocycles. The van der Waals surface area contributed by atoms with Crippen molar-refractivity contribution in [1.82, 2.24) is 0 Å². The number of hydrogen-bond acceptors (Lipinski definition) is 4. The van der Waals surface area contributed by atoms with E-state index < -0.39 is 5.97 Å². The van der Waals surface area contributed by atoms with Gasteiger partial charge in [0.15, 0.2) is 0 Å². The predicted molar refractivity (Wildman–Crippen MR) is 84.5 cm³/mol. The van der Waals surface area contributed by atoms with Gasteiger partial charge in [0, 0.05) is 31.5 Å². The van der Waals surface area contributed by atoms with Crippen LogP contribution in [-0.2, 0) is 0 Å². The molecule has 0 bridgehead atoms. The molecule has 0 atom stereocenters. The van der Waals surface area contributed by atoms with Gasteiger partial charge >= 0.3 is 5.97 Å². The molecule has 21 heavy (non-hydrogen) atoms. The van der Waals surface area contributed by atoms with E-state index in [0.717, 1.165) is 30.2 Å². The third kappa shape index (κ3) is 2.27. The maximum absolute atomic E-state index is 11.2. The molecule has 0 saturated heterocycles. The summed E-state index contributed by atoms with van der Waals surface area (Å²) in [6, 6.07) is 13.3. The molecule has 1 aliphatic heterocycles. The van der Waals surface area contributed by atoms with Crippen LogP contribution in [0, 0.1) is 0 Å². The Labute approximate surface area is 123 Å². The number of aromatic carboxylic acids is 1. The number of hydrogen-bond donors (Lipinski definition) is 2. The van der Waals surface area contributed by atoms with Crippen molar-refractivity contribution in [2.75, 3.05) is 35.7 Å². The van der Waals surface area contributed by atoms with Crippen LogP contribution in [0.5, 0.6) is 0 Å². The quantitative estimate of drug-likeness (QED) is 0.829. The Morgan fingerprint density at radius 3 is 2.57 bits per heavy atom. The van der Waals surface area contributed by atoms with Gasteiger partial charge in [0.25, 0.3) is 0 Å². The molecule has 5 nitrogen and oxygen atoms in total. The molecule has 2 aromatic rings. The van der Waals surface area contributed by atoms with E-state index in [2.05, 4.69) is 22.9 Å². The molecule has 3 N–H and O–H groups in total. The molecule has 0 amide bonds. The van der Waals surface area contributed by atoms with Crippen LogP contribution in [0.2, 0.25) is 0 Å². The van der Waals surface area contributed by atoms with Gasteiger partial charge in [-0.25, -0.2) is 4.79 Å². The third-order valence-electron chi connectivity index (χ3n) is 3.82. The highest BCUT2D eigenvalue weighted by molar-refractivity contribution is 5.95. The van der Waals surface area contributed by atoms with Crippen molar-refractivity contribution in [2.45, 2.75) is 0 Å². The monoisotopic (exact) mass is 283 g/mol. The zero-order valence-electron chi connectivity index (χ0n) is 11.8. The summed E-state index contributed by atoms with van der Waals surface area (Å²) < 4.78 is 0. The van der Waals surface area contributed by atoms with Gasteiger partial charge in [-0.2, -0.15) is 0 Å². The zero-order chi connectivity index (χ0) is 15.0. The first kappa shape index (κ1) is 13.3. The highest BCUT2D eigenvalue weighted by atomic mass is 16.4. The molecule has 1 aliphatic rings. The molecule has 0 radical (unpaired) electrons. The normalized spacial score (nSPS) is 14.0. The number of fused-ring (bicyclic) bond motifs is 1. The van der Waals surface area contributed by atoms with Crippen molar-refractivity contribution in [1.29, 1.82) is 0 Å². The van der Waals surface area contributed by atoms with Crippen LogP contribution in [0.25, 0.3) is 0 Å². The van der Waals surface area contributed by atoms with Gasteiger partial charge < -0.3 is 20.6 Å². The molecule has 0 aliphatic carbocycles. The summed E-state index contributed by atoms with van der Waals surface area (Å²) in [7, 11) is 2.06. The molecule has 0 spiro atoms. The number of carboxylic acids is 1. The highest BCUT2D eigenvalue weighted by Gasteiger charge is 2.22. The molecule has 0 aromatic heterocycles. The van der Waals surface area contributed by atoms with E-state index in [1.165, 1.54) is 0 Å². The van der Waals surface area contributed by atoms with E-state index in [4.69, 9.17) is 5.73 Å². The standard InChI is InChI=1S/C16H17N3O2/c1-18-8-9-19(15-5-3-2-4-14(15)18)11-6-7-13(17)12(10-11)16(20)21/h2-7,10H,8-9,17H2,1H3,(H,20,21). The predicted octanol–water partition coefficient (Wildman–Crippen LogP) is 2.55. The van der Waals surface area contributed by atoms with Crippen LogP contribution < -0.4 is 15.5 Å². The fourth-order valence-electron chi connectivity index (χ4n) is 2.67. The van der Waals surface area contributed by atoms with Crippen molar-refractivity contribution in [3.05, 3.63) is 48.0 Å². The molecule has 0 unspecified atom stereocenters. The summed E-state index contributed by atoms with van der Waals surface area (Å²) in [6.07, 6.45) is 0. The SMILES string of the molecule is CN1CCN(c2ccc(N)c(C(=O)O)c2)c2ccccc21. The minimum Gasteiger partial charge on any atom is -0.478 e. The molecule has 3 rings (SSSR count). The van der Waals surface area contributed by atoms with Gasteiger partial charge in [0.2, 0.25) is 0 Å². The number of nitrogens with two attached hydrogens (primary N) is 1. The largest absolute Gasteiger partial charge is 0.478 e. The summed E-state index contributed by atoms with van der Waals surface area (Å²) >= 11 is 0. The van der Waals surface area contributed by atoms with E-state index in [1.54, 1.807) is 12.1 Å². The third-order valence-corrected chi connectivity index (χ3v) is 3.82. The molecule has 5 heteroatoms. The minimum absolute atomic E-state index is 0.143. The number of carbonyl (C=O) groups is 1. The summed E-state index contributed by atoms with van der Waals surface area (Å²) in [5.41, 5.74) is 9.22. The fraction of sp³-hybridized carbons (Fsp3) is 0.188. The number of benzene rings is 2. The van der Waals surface area contributed by atoms with Crippen LogP contribution in [0.1, 0.15) is 10.4 Å². The van der Waals surface area contributed by atoms with Crippen LogP contribution in [0.4, 0.5) is 22.7 Å². The zero-order valence-corrected chi connectivity index (χ0v) is 11.8. The highest BCUT2D eigenvalue weighted by Crippen LogP contribution is 2.37. The summed E-state index contributed by atoms with van der Waals surface area (Å²) in [5.74, 6) is -1.00. The molecule has 0 saturated carbocycles. The Morgan fingerprint density at radius 2 is 1.86 bits per heavy atom. The molecule has 2 aromatic carbocycles. The average Bonchev–Trinajstić information content (AvgIpc) is 2.48. The minimum atomic E-state index is -1.00. The lowest BCUT2D eigenvalue weighted by molar-refractivity contribution is 0.0698. The van der Waals surface area contributed by atoms with Crippen LogP contribution in [0.3, 0.4) is 0 Å². The van der Waals surface area contributed by atoms with Crippen molar-refractivity contribution in [2.24, 2.45) is 0 Å². The number of anilines is 4. The van der Waals surface area contributed by atoms with Crippen molar-refractivity contribution >= 4 is 28.7 Å². The van der Waals surface area contributed by atoms with E-state index >= 15 is 0 Å². The van der Waals surface area contributed by atoms with Gasteiger partial charge in [-0.3, -0.25) is 0 Å². The number of para-hydroxylation sites is 2. The van der Waals surface area contributed by atoms with Crippen LogP contribution in [-0.4, -0.2) is 31.2 Å². The van der Waals surface area contributed by atoms with Crippen molar-refractivity contribution in [3.63, 3.8) is 0 Å². The second kappa shape index (κ2) is 5.01. The van der Waals surface area contributed by atoms with Gasteiger partial charge in [0.1, 0.15) is 0 Å². The van der Waals surface area contributed by atoms with E-state index in [-0.39, 0.29) is 11.3 Å². The Morgan fingerprint density at radius 1 is 1.14 bits per heavy atom. The fourth-order valence-corrected chi connectivity index (χ4v) is 2.67. The first-order chi connectivity index (χ1) is 10.1. The van der Waals surface area contributed by atoms with E-state index in [0.29, 0.717) is 0 Å². The first-order valence-corrected chi connectivity index (χ1v) is 6.78. The van der Waals surface area contributed by atoms with E-state index in [9.17, 15) is 9.90 Å². The average molecular weight is 283 g/mol. The maximum Gasteiger partial charge on any atom is 0.337 e. The van der Waals surface area contributed by atoms with Crippen molar-refractivity contribution < 1.29 is 9.90 Å². The first-order valence-electron chi connectivity index (χ1n) is 6.78. The topological polar surface area (TPSA) is 69.8 Å². The van der Waals surface area contributed by atoms with Gasteiger partial charge in [-0.1, -0.05) is 12.1 Å². The Hall–Kier alpha value is -2.69. The lowest BCUT2D eigenvalue weighted by Crippen LogP contribution is -2.36. The number of likely N-dealkylation sites (N-methyl/N-ethyl adjacent to an activating group) is 1. The maximum atomic E-state index is 11.2.